The molecule has 2 rings (SSSR count). The molecule has 0 radical (unpaired) electrons. The summed E-state index contributed by atoms with van der Waals surface area (Å²) in [7, 11) is -3.82. The smallest absolute Gasteiger partial charge is 0.405 e. The highest BCUT2D eigenvalue weighted by Gasteiger charge is 2.41. The third-order valence-corrected chi connectivity index (χ3v) is 5.62. The molecular weight excluding hydrogens is 364 g/mol. The largest absolute Gasteiger partial charge is 0.465 e. The van der Waals surface area contributed by atoms with E-state index in [4.69, 9.17) is 10.8 Å². The van der Waals surface area contributed by atoms with Crippen molar-refractivity contribution < 1.29 is 18.3 Å². The number of amides is 1. The Morgan fingerprint density at radius 2 is 2.29 bits per heavy atom. The summed E-state index contributed by atoms with van der Waals surface area (Å²) in [6.45, 7) is 1.93. The second kappa shape index (κ2) is 5.43. The lowest BCUT2D eigenvalue weighted by Gasteiger charge is -2.24. The van der Waals surface area contributed by atoms with Crippen molar-refractivity contribution in [1.82, 2.24) is 14.6 Å². The van der Waals surface area contributed by atoms with E-state index >= 15 is 0 Å². The third kappa shape index (κ3) is 3.27. The summed E-state index contributed by atoms with van der Waals surface area (Å²) in [4.78, 5) is 14.5. The van der Waals surface area contributed by atoms with Crippen LogP contribution in [-0.4, -0.2) is 47.5 Å². The van der Waals surface area contributed by atoms with Crippen LogP contribution in [0, 0.1) is 0 Å². The topological polar surface area (TPSA) is 126 Å². The Labute approximate surface area is 130 Å². The van der Waals surface area contributed by atoms with Crippen LogP contribution >= 0.6 is 15.9 Å². The van der Waals surface area contributed by atoms with Crippen LogP contribution in [0.15, 0.2) is 21.6 Å². The fourth-order valence-electron chi connectivity index (χ4n) is 2.26. The van der Waals surface area contributed by atoms with Crippen molar-refractivity contribution in [2.24, 2.45) is 0 Å². The van der Waals surface area contributed by atoms with Gasteiger partial charge >= 0.3 is 6.09 Å². The number of nitrogens with zero attached hydrogens (tertiary/aromatic N) is 2. The van der Waals surface area contributed by atoms with Crippen LogP contribution in [0.25, 0.3) is 0 Å². The minimum Gasteiger partial charge on any atom is -0.465 e. The number of nitrogen functional groups attached to an aromatic ring is 1. The number of anilines is 1. The van der Waals surface area contributed by atoms with Gasteiger partial charge in [0.25, 0.3) is 0 Å². The standard InChI is InChI=1S/C11H15BrN4O4S/c1-11(15-10(17)18)2-3-16(6-11)21(19,20)8-4-7(12)5-14-9(8)13/h4-5,15H,2-3,6H2,1H3,(H2,13,14)(H,17,18). The lowest BCUT2D eigenvalue weighted by atomic mass is 10.0. The molecule has 0 saturated carbocycles. The van der Waals surface area contributed by atoms with Crippen molar-refractivity contribution in [3.8, 4) is 0 Å². The van der Waals surface area contributed by atoms with Crippen LogP contribution in [0.4, 0.5) is 10.6 Å². The van der Waals surface area contributed by atoms with Crippen LogP contribution in [-0.2, 0) is 10.0 Å². The van der Waals surface area contributed by atoms with Crippen molar-refractivity contribution >= 4 is 37.9 Å². The zero-order valence-electron chi connectivity index (χ0n) is 11.2. The van der Waals surface area contributed by atoms with Gasteiger partial charge in [-0.15, -0.1) is 0 Å². The van der Waals surface area contributed by atoms with Gasteiger partial charge in [-0.3, -0.25) is 0 Å². The highest BCUT2D eigenvalue weighted by atomic mass is 79.9. The third-order valence-electron chi connectivity index (χ3n) is 3.31. The van der Waals surface area contributed by atoms with Crippen LogP contribution in [0.5, 0.6) is 0 Å². The van der Waals surface area contributed by atoms with Gasteiger partial charge in [0, 0.05) is 23.8 Å². The molecule has 1 fully saturated rings. The zero-order valence-corrected chi connectivity index (χ0v) is 13.6. The van der Waals surface area contributed by atoms with E-state index in [2.05, 4.69) is 26.2 Å². The Kier molecular flexibility index (Phi) is 4.13. The van der Waals surface area contributed by atoms with Gasteiger partial charge in [-0.1, -0.05) is 0 Å². The molecule has 1 aromatic rings. The minimum absolute atomic E-state index is 0.0492. The van der Waals surface area contributed by atoms with Gasteiger partial charge in [-0.25, -0.2) is 18.2 Å². The maximum atomic E-state index is 12.6. The molecule has 1 atom stereocenters. The molecule has 1 unspecified atom stereocenters. The van der Waals surface area contributed by atoms with Gasteiger partial charge in [-0.05, 0) is 35.3 Å². The number of nitrogens with one attached hydrogen (secondary N) is 1. The first-order valence-electron chi connectivity index (χ1n) is 6.06. The lowest BCUT2D eigenvalue weighted by Crippen LogP contribution is -2.48. The van der Waals surface area contributed by atoms with E-state index in [1.807, 2.05) is 0 Å². The minimum atomic E-state index is -3.82. The van der Waals surface area contributed by atoms with Crippen LogP contribution < -0.4 is 11.1 Å². The summed E-state index contributed by atoms with van der Waals surface area (Å²) >= 11 is 3.16. The molecule has 0 bridgehead atoms. The molecule has 4 N–H and O–H groups in total. The van der Waals surface area contributed by atoms with Crippen molar-refractivity contribution in [2.75, 3.05) is 18.8 Å². The molecule has 1 saturated heterocycles. The lowest BCUT2D eigenvalue weighted by molar-refractivity contribution is 0.181. The molecule has 0 spiro atoms. The van der Waals surface area contributed by atoms with Crippen molar-refractivity contribution in [3.05, 3.63) is 16.7 Å². The highest BCUT2D eigenvalue weighted by Crippen LogP contribution is 2.30. The Morgan fingerprint density at radius 1 is 1.62 bits per heavy atom. The number of rotatable bonds is 3. The molecule has 0 aliphatic carbocycles. The second-order valence-corrected chi connectivity index (χ2v) is 7.94. The molecule has 1 aliphatic rings. The second-order valence-electron chi connectivity index (χ2n) is 5.12. The fraction of sp³-hybridized carbons (Fsp3) is 0.455. The van der Waals surface area contributed by atoms with E-state index in [-0.39, 0.29) is 23.8 Å². The van der Waals surface area contributed by atoms with Gasteiger partial charge in [0.05, 0.1) is 5.54 Å². The van der Waals surface area contributed by atoms with Crippen molar-refractivity contribution in [3.63, 3.8) is 0 Å². The molecular formula is C11H15BrN4O4S. The van der Waals surface area contributed by atoms with Crippen LogP contribution in [0.3, 0.4) is 0 Å². The van der Waals surface area contributed by atoms with E-state index in [0.29, 0.717) is 10.9 Å². The predicted molar refractivity (Wildman–Crippen MR) is 79.3 cm³/mol. The molecule has 0 aromatic carbocycles. The number of halogens is 1. The zero-order chi connectivity index (χ0) is 15.8. The molecule has 8 nitrogen and oxygen atoms in total. The first-order valence-corrected chi connectivity index (χ1v) is 8.30. The molecule has 1 aromatic heterocycles. The number of pyridine rings is 1. The molecule has 1 aliphatic heterocycles. The number of nitrogens with two attached hydrogens (primary N) is 1. The van der Waals surface area contributed by atoms with E-state index < -0.39 is 21.7 Å². The summed E-state index contributed by atoms with van der Waals surface area (Å²) < 4.78 is 26.9. The first-order chi connectivity index (χ1) is 9.64. The monoisotopic (exact) mass is 378 g/mol. The average Bonchev–Trinajstić information content (AvgIpc) is 2.74. The maximum Gasteiger partial charge on any atom is 0.405 e. The summed E-state index contributed by atoms with van der Waals surface area (Å²) in [5, 5.41) is 11.2. The van der Waals surface area contributed by atoms with Gasteiger partial charge in [0.1, 0.15) is 10.7 Å². The SMILES string of the molecule is CC1(NC(=O)O)CCN(S(=O)(=O)c2cc(Br)cnc2N)C1. The molecule has 116 valence electrons. The quantitative estimate of drug-likeness (QED) is 0.715. The number of carboxylic acid groups (broad SMARTS) is 1. The van der Waals surface area contributed by atoms with Gasteiger partial charge in [-0.2, -0.15) is 4.31 Å². The Balaban J connectivity index is 2.30. The molecule has 2 heterocycles. The normalized spacial score (nSPS) is 23.1. The Hall–Kier alpha value is -1.39. The first kappa shape index (κ1) is 16.0. The van der Waals surface area contributed by atoms with E-state index in [9.17, 15) is 13.2 Å². The van der Waals surface area contributed by atoms with E-state index in [1.165, 1.54) is 16.6 Å². The Bertz CT molecular complexity index is 681. The number of sulfonamides is 1. The van der Waals surface area contributed by atoms with Crippen molar-refractivity contribution in [1.29, 1.82) is 0 Å². The van der Waals surface area contributed by atoms with Crippen LogP contribution in [0.2, 0.25) is 0 Å². The van der Waals surface area contributed by atoms with E-state index in [0.717, 1.165) is 0 Å². The number of aromatic nitrogens is 1. The molecule has 21 heavy (non-hydrogen) atoms. The number of hydrogen-bond acceptors (Lipinski definition) is 5. The number of carbonyl (C=O) groups is 1. The highest BCUT2D eigenvalue weighted by molar-refractivity contribution is 9.10. The maximum absolute atomic E-state index is 12.6. The summed E-state index contributed by atoms with van der Waals surface area (Å²) in [5.74, 6) is -0.0852. The number of hydrogen-bond donors (Lipinski definition) is 3. The summed E-state index contributed by atoms with van der Waals surface area (Å²) in [5.41, 5.74) is 4.83. The van der Waals surface area contributed by atoms with Crippen LogP contribution in [0.1, 0.15) is 13.3 Å². The van der Waals surface area contributed by atoms with Crippen molar-refractivity contribution in [2.45, 2.75) is 23.8 Å². The summed E-state index contributed by atoms with van der Waals surface area (Å²) in [6.07, 6.45) is 0.620. The average molecular weight is 379 g/mol. The molecule has 1 amide bonds. The summed E-state index contributed by atoms with van der Waals surface area (Å²) in [6, 6.07) is 1.39. The molecule has 10 heteroatoms. The fourth-order valence-corrected chi connectivity index (χ4v) is 4.40. The Morgan fingerprint density at radius 3 is 2.90 bits per heavy atom. The van der Waals surface area contributed by atoms with Gasteiger partial charge < -0.3 is 16.2 Å². The van der Waals surface area contributed by atoms with Gasteiger partial charge in [0.15, 0.2) is 0 Å². The predicted octanol–water partition coefficient (Wildman–Crippen LogP) is 0.847. The van der Waals surface area contributed by atoms with E-state index in [1.54, 1.807) is 6.92 Å². The van der Waals surface area contributed by atoms with Gasteiger partial charge in [0.2, 0.25) is 10.0 Å².